The normalized spacial score (nSPS) is 15.4. The zero-order valence-corrected chi connectivity index (χ0v) is 15.8. The topological polar surface area (TPSA) is 61.2 Å². The number of pyridine rings is 1. The highest BCUT2D eigenvalue weighted by Gasteiger charge is 2.19. The SMILES string of the molecule is N#CCCCOc1cccc(CNC2CCN(Cc3ccccn3)CC2)c1. The van der Waals surface area contributed by atoms with Gasteiger partial charge >= 0.3 is 0 Å². The number of nitrogens with one attached hydrogen (secondary N) is 1. The van der Waals surface area contributed by atoms with E-state index in [1.165, 1.54) is 5.56 Å². The van der Waals surface area contributed by atoms with Crippen molar-refractivity contribution in [2.24, 2.45) is 0 Å². The van der Waals surface area contributed by atoms with Crippen LogP contribution in [0.2, 0.25) is 0 Å². The van der Waals surface area contributed by atoms with Gasteiger partial charge in [0.2, 0.25) is 0 Å². The minimum atomic E-state index is 0.542. The molecule has 1 aromatic heterocycles. The van der Waals surface area contributed by atoms with E-state index in [4.69, 9.17) is 10.00 Å². The van der Waals surface area contributed by atoms with Gasteiger partial charge in [0.05, 0.1) is 18.4 Å². The molecular weight excluding hydrogens is 336 g/mol. The quantitative estimate of drug-likeness (QED) is 0.690. The fourth-order valence-electron chi connectivity index (χ4n) is 3.36. The maximum Gasteiger partial charge on any atom is 0.119 e. The van der Waals surface area contributed by atoms with Crippen LogP contribution in [-0.2, 0) is 13.1 Å². The van der Waals surface area contributed by atoms with Crippen LogP contribution in [0, 0.1) is 11.3 Å². The van der Waals surface area contributed by atoms with Gasteiger partial charge in [0, 0.05) is 44.8 Å². The number of ether oxygens (including phenoxy) is 1. The van der Waals surface area contributed by atoms with Crippen LogP contribution in [0.4, 0.5) is 0 Å². The summed E-state index contributed by atoms with van der Waals surface area (Å²) in [4.78, 5) is 6.90. The second-order valence-corrected chi connectivity index (χ2v) is 7.01. The van der Waals surface area contributed by atoms with E-state index in [0.29, 0.717) is 19.1 Å². The number of likely N-dealkylation sites (tertiary alicyclic amines) is 1. The highest BCUT2D eigenvalue weighted by Crippen LogP contribution is 2.16. The lowest BCUT2D eigenvalue weighted by molar-refractivity contribution is 0.188. The molecular formula is C22H28N4O. The van der Waals surface area contributed by atoms with Crippen molar-refractivity contribution in [1.82, 2.24) is 15.2 Å². The van der Waals surface area contributed by atoms with E-state index in [2.05, 4.69) is 45.5 Å². The van der Waals surface area contributed by atoms with Gasteiger partial charge < -0.3 is 10.1 Å². The van der Waals surface area contributed by atoms with Gasteiger partial charge in [-0.15, -0.1) is 0 Å². The maximum atomic E-state index is 8.57. The van der Waals surface area contributed by atoms with Gasteiger partial charge in [0.1, 0.15) is 5.75 Å². The molecule has 2 aromatic rings. The Kier molecular flexibility index (Phi) is 7.64. The van der Waals surface area contributed by atoms with Crippen molar-refractivity contribution in [2.75, 3.05) is 19.7 Å². The van der Waals surface area contributed by atoms with E-state index in [1.807, 2.05) is 24.4 Å². The number of benzene rings is 1. The van der Waals surface area contributed by atoms with Crippen molar-refractivity contribution in [3.63, 3.8) is 0 Å². The molecule has 1 fully saturated rings. The van der Waals surface area contributed by atoms with Crippen LogP contribution in [-0.4, -0.2) is 35.6 Å². The summed E-state index contributed by atoms with van der Waals surface area (Å²) in [5, 5.41) is 12.3. The molecule has 1 aliphatic heterocycles. The fourth-order valence-corrected chi connectivity index (χ4v) is 3.36. The molecule has 0 atom stereocenters. The molecule has 5 heteroatoms. The molecule has 1 aromatic carbocycles. The van der Waals surface area contributed by atoms with Crippen molar-refractivity contribution >= 4 is 0 Å². The Morgan fingerprint density at radius 1 is 1.19 bits per heavy atom. The Bertz CT molecular complexity index is 721. The lowest BCUT2D eigenvalue weighted by Crippen LogP contribution is -2.41. The van der Waals surface area contributed by atoms with Gasteiger partial charge in [-0.2, -0.15) is 5.26 Å². The summed E-state index contributed by atoms with van der Waals surface area (Å²) in [5.74, 6) is 0.887. The Labute approximate surface area is 162 Å². The highest BCUT2D eigenvalue weighted by atomic mass is 16.5. The fraction of sp³-hybridized carbons (Fsp3) is 0.455. The molecule has 3 rings (SSSR count). The molecule has 0 unspecified atom stereocenters. The van der Waals surface area contributed by atoms with Crippen molar-refractivity contribution in [2.45, 2.75) is 44.8 Å². The number of hydrogen-bond donors (Lipinski definition) is 1. The maximum absolute atomic E-state index is 8.57. The van der Waals surface area contributed by atoms with E-state index in [9.17, 15) is 0 Å². The lowest BCUT2D eigenvalue weighted by Gasteiger charge is -2.32. The molecule has 1 saturated heterocycles. The number of piperidine rings is 1. The number of unbranched alkanes of at least 4 members (excludes halogenated alkanes) is 1. The predicted octanol–water partition coefficient (Wildman–Crippen LogP) is 3.52. The largest absolute Gasteiger partial charge is 0.494 e. The summed E-state index contributed by atoms with van der Waals surface area (Å²) in [6.07, 6.45) is 5.51. The first-order chi connectivity index (χ1) is 13.3. The zero-order chi connectivity index (χ0) is 18.7. The Balaban J connectivity index is 1.38. The van der Waals surface area contributed by atoms with Gasteiger partial charge in [-0.1, -0.05) is 18.2 Å². The van der Waals surface area contributed by atoms with Crippen LogP contribution in [0.5, 0.6) is 5.75 Å². The lowest BCUT2D eigenvalue weighted by atomic mass is 10.0. The Hall–Kier alpha value is -2.42. The molecule has 0 bridgehead atoms. The second kappa shape index (κ2) is 10.7. The van der Waals surface area contributed by atoms with Crippen LogP contribution >= 0.6 is 0 Å². The summed E-state index contributed by atoms with van der Waals surface area (Å²) in [5.41, 5.74) is 2.39. The Morgan fingerprint density at radius 3 is 2.85 bits per heavy atom. The van der Waals surface area contributed by atoms with Crippen LogP contribution < -0.4 is 10.1 Å². The van der Waals surface area contributed by atoms with Crippen LogP contribution in [0.3, 0.4) is 0 Å². The predicted molar refractivity (Wildman–Crippen MR) is 106 cm³/mol. The van der Waals surface area contributed by atoms with Gasteiger partial charge in [0.15, 0.2) is 0 Å². The van der Waals surface area contributed by atoms with E-state index in [0.717, 1.165) is 56.9 Å². The standard InChI is InChI=1S/C22H28N4O/c23-11-2-4-15-27-22-8-5-6-19(16-22)17-25-20-9-13-26(14-10-20)18-21-7-1-3-12-24-21/h1,3,5-8,12,16,20,25H,2,4,9-10,13-15,17-18H2. The average molecular weight is 364 g/mol. The molecule has 27 heavy (non-hydrogen) atoms. The van der Waals surface area contributed by atoms with E-state index in [1.54, 1.807) is 0 Å². The molecule has 0 spiro atoms. The van der Waals surface area contributed by atoms with E-state index >= 15 is 0 Å². The van der Waals surface area contributed by atoms with E-state index < -0.39 is 0 Å². The first kappa shape index (κ1) is 19.3. The molecule has 0 saturated carbocycles. The average Bonchev–Trinajstić information content (AvgIpc) is 2.72. The number of aromatic nitrogens is 1. The van der Waals surface area contributed by atoms with Gasteiger partial charge in [-0.3, -0.25) is 9.88 Å². The number of rotatable bonds is 9. The summed E-state index contributed by atoms with van der Waals surface area (Å²) in [6.45, 7) is 4.62. The monoisotopic (exact) mass is 364 g/mol. The first-order valence-corrected chi connectivity index (χ1v) is 9.78. The minimum absolute atomic E-state index is 0.542. The third-order valence-electron chi connectivity index (χ3n) is 4.89. The smallest absolute Gasteiger partial charge is 0.119 e. The summed E-state index contributed by atoms with van der Waals surface area (Å²) < 4.78 is 5.72. The van der Waals surface area contributed by atoms with Crippen molar-refractivity contribution in [3.05, 3.63) is 59.9 Å². The van der Waals surface area contributed by atoms with Crippen molar-refractivity contribution in [1.29, 1.82) is 5.26 Å². The van der Waals surface area contributed by atoms with Crippen molar-refractivity contribution in [3.8, 4) is 11.8 Å². The van der Waals surface area contributed by atoms with Gasteiger partial charge in [0.25, 0.3) is 0 Å². The van der Waals surface area contributed by atoms with Crippen LogP contribution in [0.15, 0.2) is 48.7 Å². The molecule has 0 radical (unpaired) electrons. The highest BCUT2D eigenvalue weighted by molar-refractivity contribution is 5.28. The summed E-state index contributed by atoms with van der Waals surface area (Å²) in [6, 6.07) is 17.1. The molecule has 2 heterocycles. The number of hydrogen-bond acceptors (Lipinski definition) is 5. The van der Waals surface area contributed by atoms with Crippen LogP contribution in [0.1, 0.15) is 36.9 Å². The molecule has 0 amide bonds. The summed E-state index contributed by atoms with van der Waals surface area (Å²) in [7, 11) is 0. The molecule has 1 aliphatic rings. The summed E-state index contributed by atoms with van der Waals surface area (Å²) >= 11 is 0. The van der Waals surface area contributed by atoms with E-state index in [-0.39, 0.29) is 0 Å². The third-order valence-corrected chi connectivity index (χ3v) is 4.89. The third kappa shape index (κ3) is 6.67. The minimum Gasteiger partial charge on any atom is -0.494 e. The number of nitriles is 1. The Morgan fingerprint density at radius 2 is 2.07 bits per heavy atom. The molecule has 5 nitrogen and oxygen atoms in total. The first-order valence-electron chi connectivity index (χ1n) is 9.78. The molecule has 1 N–H and O–H groups in total. The second-order valence-electron chi connectivity index (χ2n) is 7.01. The van der Waals surface area contributed by atoms with Gasteiger partial charge in [-0.25, -0.2) is 0 Å². The van der Waals surface area contributed by atoms with Crippen molar-refractivity contribution < 1.29 is 4.74 Å². The van der Waals surface area contributed by atoms with Gasteiger partial charge in [-0.05, 0) is 49.1 Å². The molecule has 142 valence electrons. The number of nitrogens with zero attached hydrogens (tertiary/aromatic N) is 3. The zero-order valence-electron chi connectivity index (χ0n) is 15.8. The molecule has 0 aliphatic carbocycles. The van der Waals surface area contributed by atoms with Crippen LogP contribution in [0.25, 0.3) is 0 Å².